The second-order valence-corrected chi connectivity index (χ2v) is 4.63. The summed E-state index contributed by atoms with van der Waals surface area (Å²) >= 11 is 11.5. The summed E-state index contributed by atoms with van der Waals surface area (Å²) in [4.78, 5) is 11.8. The largest absolute Gasteiger partial charge is 0.289 e. The van der Waals surface area contributed by atoms with E-state index in [9.17, 15) is 4.79 Å². The summed E-state index contributed by atoms with van der Waals surface area (Å²) < 4.78 is 0. The highest BCUT2D eigenvalue weighted by Gasteiger charge is 2.00. The first-order valence-corrected chi connectivity index (χ1v) is 6.14. The Morgan fingerprint density at radius 2 is 1.33 bits per heavy atom. The van der Waals surface area contributed by atoms with E-state index in [4.69, 9.17) is 23.2 Å². The Bertz CT molecular complexity index is 568. The van der Waals surface area contributed by atoms with Crippen molar-refractivity contribution in [2.24, 2.45) is 0 Å². The van der Waals surface area contributed by atoms with Crippen molar-refractivity contribution in [3.8, 4) is 0 Å². The summed E-state index contributed by atoms with van der Waals surface area (Å²) in [5, 5.41) is 1.30. The van der Waals surface area contributed by atoms with Gasteiger partial charge >= 0.3 is 0 Å². The molecule has 2 aromatic carbocycles. The van der Waals surface area contributed by atoms with Gasteiger partial charge in [-0.15, -0.1) is 0 Å². The van der Waals surface area contributed by atoms with Crippen molar-refractivity contribution in [1.29, 1.82) is 0 Å². The topological polar surface area (TPSA) is 17.1 Å². The van der Waals surface area contributed by atoms with Gasteiger partial charge in [0.25, 0.3) is 0 Å². The number of halogens is 2. The molecule has 0 atom stereocenters. The molecule has 0 aliphatic heterocycles. The fourth-order valence-electron chi connectivity index (χ4n) is 1.46. The average Bonchev–Trinajstić information content (AvgIpc) is 2.38. The Morgan fingerprint density at radius 3 is 1.89 bits per heavy atom. The van der Waals surface area contributed by atoms with Gasteiger partial charge in [-0.2, -0.15) is 0 Å². The minimum atomic E-state index is -0.0541. The molecule has 18 heavy (non-hydrogen) atoms. The maximum atomic E-state index is 11.8. The fourth-order valence-corrected chi connectivity index (χ4v) is 1.71. The lowest BCUT2D eigenvalue weighted by atomic mass is 10.1. The van der Waals surface area contributed by atoms with E-state index in [1.54, 1.807) is 42.5 Å². The smallest absolute Gasteiger partial charge is 0.185 e. The van der Waals surface area contributed by atoms with Gasteiger partial charge in [-0.25, -0.2) is 0 Å². The van der Waals surface area contributed by atoms with E-state index in [0.29, 0.717) is 15.6 Å². The Hall–Kier alpha value is -1.57. The summed E-state index contributed by atoms with van der Waals surface area (Å²) in [5.41, 5.74) is 1.55. The molecule has 0 aliphatic carbocycles. The van der Waals surface area contributed by atoms with Crippen LogP contribution >= 0.6 is 23.2 Å². The predicted octanol–water partition coefficient (Wildman–Crippen LogP) is 4.89. The molecule has 0 bridgehead atoms. The Kier molecular flexibility index (Phi) is 4.19. The SMILES string of the molecule is O=C(/C=C\c1ccc(Cl)cc1)c1ccc(Cl)cc1. The lowest BCUT2D eigenvalue weighted by molar-refractivity contribution is 0.104. The third-order valence-corrected chi connectivity index (χ3v) is 2.93. The molecule has 0 aromatic heterocycles. The van der Waals surface area contributed by atoms with Gasteiger partial charge in [-0.05, 0) is 48.0 Å². The van der Waals surface area contributed by atoms with Gasteiger partial charge in [-0.1, -0.05) is 41.4 Å². The van der Waals surface area contributed by atoms with Crippen LogP contribution in [0.3, 0.4) is 0 Å². The minimum Gasteiger partial charge on any atom is -0.289 e. The normalized spacial score (nSPS) is 10.8. The van der Waals surface area contributed by atoms with E-state index in [0.717, 1.165) is 5.56 Å². The van der Waals surface area contributed by atoms with Crippen LogP contribution in [0.2, 0.25) is 10.0 Å². The third kappa shape index (κ3) is 3.46. The second kappa shape index (κ2) is 5.85. The molecule has 0 amide bonds. The van der Waals surface area contributed by atoms with Crippen LogP contribution in [0.4, 0.5) is 0 Å². The van der Waals surface area contributed by atoms with Crippen LogP contribution < -0.4 is 0 Å². The number of carbonyl (C=O) groups excluding carboxylic acids is 1. The second-order valence-electron chi connectivity index (χ2n) is 3.76. The highest BCUT2D eigenvalue weighted by atomic mass is 35.5. The lowest BCUT2D eigenvalue weighted by Gasteiger charge is -1.96. The molecule has 0 radical (unpaired) electrons. The molecule has 2 aromatic rings. The van der Waals surface area contributed by atoms with Crippen molar-refractivity contribution >= 4 is 35.1 Å². The molecule has 0 saturated heterocycles. The van der Waals surface area contributed by atoms with Crippen LogP contribution in [-0.2, 0) is 0 Å². The molecule has 2 rings (SSSR count). The molecule has 0 heterocycles. The first-order chi connectivity index (χ1) is 8.65. The van der Waals surface area contributed by atoms with Crippen LogP contribution in [0.5, 0.6) is 0 Å². The number of rotatable bonds is 3. The standard InChI is InChI=1S/C15H10Cl2O/c16-13-6-1-11(2-7-13)3-10-15(18)12-4-8-14(17)9-5-12/h1-10H/b10-3-. The summed E-state index contributed by atoms with van der Waals surface area (Å²) in [6, 6.07) is 14.1. The Balaban J connectivity index is 2.11. The molecule has 0 unspecified atom stereocenters. The van der Waals surface area contributed by atoms with Gasteiger partial charge < -0.3 is 0 Å². The van der Waals surface area contributed by atoms with Crippen molar-refractivity contribution in [2.75, 3.05) is 0 Å². The molecular weight excluding hydrogens is 267 g/mol. The number of carbonyl (C=O) groups is 1. The van der Waals surface area contributed by atoms with E-state index < -0.39 is 0 Å². The van der Waals surface area contributed by atoms with E-state index in [-0.39, 0.29) is 5.78 Å². The monoisotopic (exact) mass is 276 g/mol. The number of hydrogen-bond acceptors (Lipinski definition) is 1. The molecule has 1 nitrogen and oxygen atoms in total. The highest BCUT2D eigenvalue weighted by Crippen LogP contribution is 2.13. The first kappa shape index (κ1) is 12.9. The zero-order valence-electron chi connectivity index (χ0n) is 9.44. The quantitative estimate of drug-likeness (QED) is 0.576. The first-order valence-electron chi connectivity index (χ1n) is 5.39. The Morgan fingerprint density at radius 1 is 0.833 bits per heavy atom. The maximum absolute atomic E-state index is 11.8. The van der Waals surface area contributed by atoms with Gasteiger partial charge in [0.05, 0.1) is 0 Å². The van der Waals surface area contributed by atoms with Gasteiger partial charge in [0, 0.05) is 15.6 Å². The molecule has 0 spiro atoms. The third-order valence-electron chi connectivity index (χ3n) is 2.43. The zero-order chi connectivity index (χ0) is 13.0. The number of allylic oxidation sites excluding steroid dienone is 1. The van der Waals surface area contributed by atoms with E-state index in [2.05, 4.69) is 0 Å². The molecule has 3 heteroatoms. The predicted molar refractivity (Wildman–Crippen MR) is 76.3 cm³/mol. The van der Waals surface area contributed by atoms with Crippen LogP contribution in [0.25, 0.3) is 6.08 Å². The molecular formula is C15H10Cl2O. The van der Waals surface area contributed by atoms with Gasteiger partial charge in [0.2, 0.25) is 0 Å². The summed E-state index contributed by atoms with van der Waals surface area (Å²) in [7, 11) is 0. The molecule has 0 saturated carbocycles. The highest BCUT2D eigenvalue weighted by molar-refractivity contribution is 6.31. The van der Waals surface area contributed by atoms with E-state index in [1.807, 2.05) is 12.1 Å². The van der Waals surface area contributed by atoms with Crippen molar-refractivity contribution < 1.29 is 4.79 Å². The number of benzene rings is 2. The van der Waals surface area contributed by atoms with Crippen LogP contribution in [-0.4, -0.2) is 5.78 Å². The van der Waals surface area contributed by atoms with Crippen molar-refractivity contribution in [3.63, 3.8) is 0 Å². The van der Waals surface area contributed by atoms with E-state index in [1.165, 1.54) is 6.08 Å². The van der Waals surface area contributed by atoms with Crippen molar-refractivity contribution in [2.45, 2.75) is 0 Å². The summed E-state index contributed by atoms with van der Waals surface area (Å²) in [6.07, 6.45) is 3.29. The molecule has 0 aliphatic rings. The van der Waals surface area contributed by atoms with Crippen LogP contribution in [0.1, 0.15) is 15.9 Å². The minimum absolute atomic E-state index is 0.0541. The number of hydrogen-bond donors (Lipinski definition) is 0. The molecule has 0 fully saturated rings. The van der Waals surface area contributed by atoms with Crippen molar-refractivity contribution in [3.05, 3.63) is 75.8 Å². The Labute approximate surface area is 116 Å². The zero-order valence-corrected chi connectivity index (χ0v) is 10.9. The van der Waals surface area contributed by atoms with Gasteiger partial charge in [-0.3, -0.25) is 4.79 Å². The van der Waals surface area contributed by atoms with Gasteiger partial charge in [0.1, 0.15) is 0 Å². The average molecular weight is 277 g/mol. The maximum Gasteiger partial charge on any atom is 0.185 e. The molecule has 90 valence electrons. The van der Waals surface area contributed by atoms with Crippen LogP contribution in [0.15, 0.2) is 54.6 Å². The van der Waals surface area contributed by atoms with E-state index >= 15 is 0 Å². The van der Waals surface area contributed by atoms with Crippen molar-refractivity contribution in [1.82, 2.24) is 0 Å². The summed E-state index contributed by atoms with van der Waals surface area (Å²) in [6.45, 7) is 0. The molecule has 0 N–H and O–H groups in total. The fraction of sp³-hybridized carbons (Fsp3) is 0. The lowest BCUT2D eigenvalue weighted by Crippen LogP contribution is -1.92. The summed E-state index contributed by atoms with van der Waals surface area (Å²) in [5.74, 6) is -0.0541. The van der Waals surface area contributed by atoms with Gasteiger partial charge in [0.15, 0.2) is 5.78 Å². The van der Waals surface area contributed by atoms with Crippen LogP contribution in [0, 0.1) is 0 Å². The number of ketones is 1.